The molecular formula is C22H38FN5O4Si2. The van der Waals surface area contributed by atoms with Gasteiger partial charge >= 0.3 is 17.1 Å². The first-order chi connectivity index (χ1) is 15.9. The number of anilines is 1. The third-order valence-corrected chi connectivity index (χ3v) is 17.5. The molecule has 0 unspecified atom stereocenters. The Bertz CT molecular complexity index is 1000. The zero-order chi connectivity index (χ0) is 25.0. The first-order valence-electron chi connectivity index (χ1n) is 12.2. The highest BCUT2D eigenvalue weighted by Gasteiger charge is 2.62. The number of ether oxygens (including phenoxy) is 1. The van der Waals surface area contributed by atoms with Crippen LogP contribution in [0.4, 0.5) is 10.2 Å². The summed E-state index contributed by atoms with van der Waals surface area (Å²) >= 11 is 0. The van der Waals surface area contributed by atoms with Crippen LogP contribution >= 0.6 is 0 Å². The Kier molecular flexibility index (Phi) is 6.95. The summed E-state index contributed by atoms with van der Waals surface area (Å²) in [6.07, 6.45) is -0.965. The second-order valence-electron chi connectivity index (χ2n) is 10.6. The summed E-state index contributed by atoms with van der Waals surface area (Å²) in [5, 5.41) is 0. The molecule has 2 aliphatic heterocycles. The average Bonchev–Trinajstić information content (AvgIpc) is 3.29. The number of nitrogens with zero attached hydrogens (tertiary/aromatic N) is 4. The second-order valence-corrected chi connectivity index (χ2v) is 19.5. The molecular weight excluding hydrogens is 473 g/mol. The number of nitrogen functional groups attached to an aromatic ring is 1. The van der Waals surface area contributed by atoms with Crippen molar-refractivity contribution in [2.45, 2.75) is 102 Å². The normalized spacial score (nSPS) is 29.2. The van der Waals surface area contributed by atoms with Crippen molar-refractivity contribution < 1.29 is 22.1 Å². The fourth-order valence-corrected chi connectivity index (χ4v) is 16.6. The Hall–Kier alpha value is -1.45. The third-order valence-electron chi connectivity index (χ3n) is 7.26. The molecule has 0 amide bonds. The minimum atomic E-state index is -2.94. The molecule has 12 heteroatoms. The zero-order valence-electron chi connectivity index (χ0n) is 21.4. The largest absolute Gasteiger partial charge is 0.414 e. The molecule has 2 aromatic heterocycles. The summed E-state index contributed by atoms with van der Waals surface area (Å²) in [6, 6.07) is 0. The second kappa shape index (κ2) is 9.21. The van der Waals surface area contributed by atoms with Gasteiger partial charge in [-0.05, 0) is 22.2 Å². The Labute approximate surface area is 203 Å². The number of imidazole rings is 1. The Morgan fingerprint density at radius 1 is 0.971 bits per heavy atom. The molecule has 2 N–H and O–H groups in total. The Morgan fingerprint density at radius 3 is 2.18 bits per heavy atom. The molecule has 0 bridgehead atoms. The lowest BCUT2D eigenvalue weighted by Gasteiger charge is -2.51. The maximum absolute atomic E-state index is 16.2. The van der Waals surface area contributed by atoms with Gasteiger partial charge in [0.1, 0.15) is 24.1 Å². The highest BCUT2D eigenvalue weighted by atomic mass is 28.5. The molecule has 0 spiro atoms. The predicted molar refractivity (Wildman–Crippen MR) is 132 cm³/mol. The van der Waals surface area contributed by atoms with Gasteiger partial charge in [0.25, 0.3) is 0 Å². The lowest BCUT2D eigenvalue weighted by atomic mass is 10.1. The van der Waals surface area contributed by atoms with E-state index in [4.69, 9.17) is 23.4 Å². The molecule has 4 atom stereocenters. The molecule has 0 radical (unpaired) electrons. The monoisotopic (exact) mass is 511 g/mol. The molecule has 190 valence electrons. The highest BCUT2D eigenvalue weighted by molar-refractivity contribution is 6.83. The van der Waals surface area contributed by atoms with Gasteiger partial charge in [-0.15, -0.1) is 0 Å². The van der Waals surface area contributed by atoms with Crippen molar-refractivity contribution in [2.75, 3.05) is 12.3 Å². The van der Waals surface area contributed by atoms with Crippen LogP contribution < -0.4 is 5.73 Å². The smallest absolute Gasteiger partial charge is 0.335 e. The summed E-state index contributed by atoms with van der Waals surface area (Å²) < 4.78 is 44.7. The van der Waals surface area contributed by atoms with E-state index in [0.29, 0.717) is 11.2 Å². The summed E-state index contributed by atoms with van der Waals surface area (Å²) in [4.78, 5) is 12.5. The highest BCUT2D eigenvalue weighted by Crippen LogP contribution is 2.49. The molecule has 34 heavy (non-hydrogen) atoms. The van der Waals surface area contributed by atoms with Gasteiger partial charge in [0.05, 0.1) is 12.9 Å². The lowest BCUT2D eigenvalue weighted by Crippen LogP contribution is -2.65. The molecule has 2 aromatic rings. The molecule has 0 aromatic carbocycles. The van der Waals surface area contributed by atoms with Crippen molar-refractivity contribution in [3.05, 3.63) is 12.7 Å². The number of rotatable bonds is 5. The van der Waals surface area contributed by atoms with Crippen LogP contribution in [-0.4, -0.2) is 61.6 Å². The van der Waals surface area contributed by atoms with Crippen molar-refractivity contribution in [2.24, 2.45) is 0 Å². The van der Waals surface area contributed by atoms with Crippen LogP contribution in [0.5, 0.6) is 0 Å². The van der Waals surface area contributed by atoms with Crippen molar-refractivity contribution in [1.29, 1.82) is 0 Å². The molecule has 2 fully saturated rings. The van der Waals surface area contributed by atoms with Crippen LogP contribution in [0.25, 0.3) is 11.2 Å². The first kappa shape index (κ1) is 25.6. The quantitative estimate of drug-likeness (QED) is 0.581. The van der Waals surface area contributed by atoms with Gasteiger partial charge in [-0.1, -0.05) is 55.4 Å². The summed E-state index contributed by atoms with van der Waals surface area (Å²) in [5.41, 5.74) is 7.39. The van der Waals surface area contributed by atoms with Crippen molar-refractivity contribution in [3.63, 3.8) is 0 Å². The lowest BCUT2D eigenvalue weighted by molar-refractivity contribution is -0.0553. The van der Waals surface area contributed by atoms with E-state index in [1.54, 1.807) is 4.57 Å². The molecule has 2 saturated heterocycles. The maximum Gasteiger partial charge on any atom is 0.335 e. The van der Waals surface area contributed by atoms with Gasteiger partial charge in [0, 0.05) is 0 Å². The topological polar surface area (TPSA) is 107 Å². The number of hydrogen-bond acceptors (Lipinski definition) is 8. The number of halogens is 1. The van der Waals surface area contributed by atoms with Gasteiger partial charge in [-0.25, -0.2) is 19.3 Å². The number of fused-ring (bicyclic) bond motifs is 2. The van der Waals surface area contributed by atoms with Crippen LogP contribution in [0, 0.1) is 0 Å². The average molecular weight is 512 g/mol. The molecule has 4 heterocycles. The van der Waals surface area contributed by atoms with Crippen molar-refractivity contribution >= 4 is 34.1 Å². The number of aromatic nitrogens is 4. The van der Waals surface area contributed by atoms with E-state index in [-0.39, 0.29) is 34.6 Å². The molecule has 9 nitrogen and oxygen atoms in total. The molecule has 2 aliphatic rings. The van der Waals surface area contributed by atoms with E-state index in [9.17, 15) is 0 Å². The van der Waals surface area contributed by atoms with Gasteiger partial charge in [0.2, 0.25) is 0 Å². The van der Waals surface area contributed by atoms with E-state index < -0.39 is 41.7 Å². The van der Waals surface area contributed by atoms with Gasteiger partial charge in [-0.2, -0.15) is 0 Å². The number of alkyl halides is 1. The van der Waals surface area contributed by atoms with E-state index in [2.05, 4.69) is 70.3 Å². The minimum absolute atomic E-state index is 0.104. The summed E-state index contributed by atoms with van der Waals surface area (Å²) in [7, 11) is -5.66. The maximum atomic E-state index is 16.2. The first-order valence-corrected chi connectivity index (χ1v) is 16.1. The number of nitrogens with two attached hydrogens (primary N) is 1. The molecule has 4 rings (SSSR count). The SMILES string of the molecule is CC(C)[Si]1(C(C)C)OC[C@H]2O[C@@H](n3cnc4c(N)ncnc43)[C@@H](F)[C@@H]2O[Si](C(C)C)(C(C)C)O1. The van der Waals surface area contributed by atoms with E-state index in [1.807, 2.05) is 0 Å². The van der Waals surface area contributed by atoms with Gasteiger partial charge < -0.3 is 23.4 Å². The fourth-order valence-electron chi connectivity index (χ4n) is 5.39. The third kappa shape index (κ3) is 3.92. The fraction of sp³-hybridized carbons (Fsp3) is 0.773. The standard InChI is InChI=1S/C22H38FN5O4Si2/c1-12(2)33(13(3)4)29-9-16-19(31-34(32-33,14(5)6)15(7)8)17(23)22(30-16)28-11-27-18-20(24)25-10-26-21(18)28/h10-17,19,22H,9H2,1-8H3,(H2,24,25,26)/t16-,17+,19-,22-/m1/s1. The van der Waals surface area contributed by atoms with Crippen LogP contribution in [0.1, 0.15) is 61.6 Å². The van der Waals surface area contributed by atoms with E-state index in [0.717, 1.165) is 0 Å². The minimum Gasteiger partial charge on any atom is -0.414 e. The van der Waals surface area contributed by atoms with Crippen molar-refractivity contribution in [1.82, 2.24) is 19.5 Å². The predicted octanol–water partition coefficient (Wildman–Crippen LogP) is 4.60. The van der Waals surface area contributed by atoms with E-state index >= 15 is 4.39 Å². The molecule has 0 aliphatic carbocycles. The van der Waals surface area contributed by atoms with Crippen LogP contribution in [0.2, 0.25) is 22.2 Å². The zero-order valence-corrected chi connectivity index (χ0v) is 23.4. The van der Waals surface area contributed by atoms with Gasteiger partial charge in [-0.3, -0.25) is 4.57 Å². The Morgan fingerprint density at radius 2 is 1.59 bits per heavy atom. The Balaban J connectivity index is 1.77. The van der Waals surface area contributed by atoms with Crippen LogP contribution in [-0.2, 0) is 17.7 Å². The van der Waals surface area contributed by atoms with Crippen LogP contribution in [0.15, 0.2) is 12.7 Å². The van der Waals surface area contributed by atoms with Gasteiger partial charge in [0.15, 0.2) is 23.9 Å². The van der Waals surface area contributed by atoms with Crippen molar-refractivity contribution in [3.8, 4) is 0 Å². The van der Waals surface area contributed by atoms with E-state index in [1.165, 1.54) is 12.7 Å². The summed E-state index contributed by atoms with van der Waals surface area (Å²) in [6.45, 7) is 17.3. The number of hydrogen-bond donors (Lipinski definition) is 1. The summed E-state index contributed by atoms with van der Waals surface area (Å²) in [5.74, 6) is 0.242. The van der Waals surface area contributed by atoms with Crippen LogP contribution in [0.3, 0.4) is 0 Å². The molecule has 0 saturated carbocycles.